The molecule has 136 valence electrons. The van der Waals surface area contributed by atoms with Gasteiger partial charge in [-0.1, -0.05) is 11.6 Å². The van der Waals surface area contributed by atoms with Crippen LogP contribution in [-0.2, 0) is 16.1 Å². The quantitative estimate of drug-likeness (QED) is 0.698. The van der Waals surface area contributed by atoms with E-state index in [4.69, 9.17) is 25.5 Å². The summed E-state index contributed by atoms with van der Waals surface area (Å²) in [6.07, 6.45) is 1.93. The van der Waals surface area contributed by atoms with Gasteiger partial charge < -0.3 is 24.1 Å². The summed E-state index contributed by atoms with van der Waals surface area (Å²) in [5.74, 6) is 1.44. The van der Waals surface area contributed by atoms with E-state index in [1.54, 1.807) is 49.6 Å². The van der Waals surface area contributed by atoms with Crippen LogP contribution >= 0.6 is 11.6 Å². The highest BCUT2D eigenvalue weighted by molar-refractivity contribution is 6.30. The number of rotatable bonds is 10. The number of nitrogens with zero attached hydrogens (tertiary/aromatic N) is 1. The Morgan fingerprint density at radius 2 is 2.16 bits per heavy atom. The van der Waals surface area contributed by atoms with Crippen molar-refractivity contribution in [3.05, 3.63) is 47.4 Å². The molecule has 0 aliphatic carbocycles. The number of halogens is 1. The predicted octanol–water partition coefficient (Wildman–Crippen LogP) is 3.42. The van der Waals surface area contributed by atoms with E-state index in [2.05, 4.69) is 5.32 Å². The van der Waals surface area contributed by atoms with Crippen LogP contribution in [0.15, 0.2) is 41.0 Å². The van der Waals surface area contributed by atoms with Crippen molar-refractivity contribution < 1.29 is 18.7 Å². The molecule has 1 amide bonds. The number of methoxy groups -OCH3 is 2. The SMILES string of the molecule is COCCN(Cc1ccco1)C(=O)CCNc1cc(Cl)ccc1OC. The first-order valence-corrected chi connectivity index (χ1v) is 8.38. The van der Waals surface area contributed by atoms with Crippen LogP contribution in [0.4, 0.5) is 5.69 Å². The molecule has 1 aromatic heterocycles. The molecule has 0 radical (unpaired) electrons. The zero-order chi connectivity index (χ0) is 18.1. The smallest absolute Gasteiger partial charge is 0.224 e. The van der Waals surface area contributed by atoms with Crippen LogP contribution in [0.25, 0.3) is 0 Å². The Morgan fingerprint density at radius 3 is 2.84 bits per heavy atom. The van der Waals surface area contributed by atoms with Crippen molar-refractivity contribution in [3.63, 3.8) is 0 Å². The monoisotopic (exact) mass is 366 g/mol. The second kappa shape index (κ2) is 9.96. The largest absolute Gasteiger partial charge is 0.495 e. The molecule has 0 saturated heterocycles. The van der Waals surface area contributed by atoms with Gasteiger partial charge in [0, 0.05) is 31.6 Å². The summed E-state index contributed by atoms with van der Waals surface area (Å²) in [6.45, 7) is 1.88. The van der Waals surface area contributed by atoms with Crippen LogP contribution in [0, 0.1) is 0 Å². The molecule has 1 N–H and O–H groups in total. The maximum absolute atomic E-state index is 12.5. The Kier molecular flexibility index (Phi) is 7.63. The lowest BCUT2D eigenvalue weighted by Crippen LogP contribution is -2.34. The fourth-order valence-electron chi connectivity index (χ4n) is 2.36. The van der Waals surface area contributed by atoms with Gasteiger partial charge in [-0.15, -0.1) is 0 Å². The normalized spacial score (nSPS) is 10.5. The first kappa shape index (κ1) is 19.1. The van der Waals surface area contributed by atoms with Crippen LogP contribution in [0.5, 0.6) is 5.75 Å². The lowest BCUT2D eigenvalue weighted by Gasteiger charge is -2.21. The van der Waals surface area contributed by atoms with Crippen molar-refractivity contribution in [2.75, 3.05) is 39.2 Å². The first-order valence-electron chi connectivity index (χ1n) is 8.00. The summed E-state index contributed by atoms with van der Waals surface area (Å²) >= 11 is 6.01. The highest BCUT2D eigenvalue weighted by Crippen LogP contribution is 2.27. The van der Waals surface area contributed by atoms with Crippen molar-refractivity contribution in [1.82, 2.24) is 4.90 Å². The number of carbonyl (C=O) groups excluding carboxylic acids is 1. The third-order valence-corrected chi connectivity index (χ3v) is 3.90. The number of ether oxygens (including phenoxy) is 2. The Labute approximate surface area is 152 Å². The summed E-state index contributed by atoms with van der Waals surface area (Å²) in [6, 6.07) is 8.97. The average Bonchev–Trinajstić information content (AvgIpc) is 3.11. The number of amides is 1. The molecular formula is C18H23ClN2O4. The van der Waals surface area contributed by atoms with Gasteiger partial charge in [0.1, 0.15) is 11.5 Å². The van der Waals surface area contributed by atoms with E-state index in [1.807, 2.05) is 6.07 Å². The molecule has 1 heterocycles. The van der Waals surface area contributed by atoms with E-state index in [-0.39, 0.29) is 5.91 Å². The molecule has 0 fully saturated rings. The van der Waals surface area contributed by atoms with E-state index in [1.165, 1.54) is 0 Å². The molecule has 0 unspecified atom stereocenters. The van der Waals surface area contributed by atoms with Crippen molar-refractivity contribution in [3.8, 4) is 5.75 Å². The Bertz CT molecular complexity index is 661. The van der Waals surface area contributed by atoms with Crippen LogP contribution in [0.1, 0.15) is 12.2 Å². The molecule has 2 rings (SSSR count). The minimum atomic E-state index is 0.0157. The topological polar surface area (TPSA) is 63.9 Å². The van der Waals surface area contributed by atoms with Gasteiger partial charge in [-0.3, -0.25) is 4.79 Å². The van der Waals surface area contributed by atoms with E-state index >= 15 is 0 Å². The van der Waals surface area contributed by atoms with Gasteiger partial charge in [0.25, 0.3) is 0 Å². The molecule has 0 atom stereocenters. The number of anilines is 1. The van der Waals surface area contributed by atoms with Gasteiger partial charge in [0.05, 0.1) is 32.2 Å². The van der Waals surface area contributed by atoms with E-state index in [0.29, 0.717) is 43.4 Å². The molecule has 0 bridgehead atoms. The molecule has 0 spiro atoms. The molecule has 2 aromatic rings. The Hall–Kier alpha value is -2.18. The van der Waals surface area contributed by atoms with Gasteiger partial charge in [-0.2, -0.15) is 0 Å². The number of hydrogen-bond donors (Lipinski definition) is 1. The fraction of sp³-hybridized carbons (Fsp3) is 0.389. The van der Waals surface area contributed by atoms with Gasteiger partial charge in [0.2, 0.25) is 5.91 Å². The highest BCUT2D eigenvalue weighted by atomic mass is 35.5. The summed E-state index contributed by atoms with van der Waals surface area (Å²) in [5.41, 5.74) is 0.761. The summed E-state index contributed by atoms with van der Waals surface area (Å²) in [7, 11) is 3.21. The highest BCUT2D eigenvalue weighted by Gasteiger charge is 2.15. The second-order valence-electron chi connectivity index (χ2n) is 5.41. The van der Waals surface area contributed by atoms with Crippen molar-refractivity contribution >= 4 is 23.2 Å². The third-order valence-electron chi connectivity index (χ3n) is 3.66. The lowest BCUT2D eigenvalue weighted by atomic mass is 10.2. The van der Waals surface area contributed by atoms with Crippen molar-refractivity contribution in [2.45, 2.75) is 13.0 Å². The van der Waals surface area contributed by atoms with Crippen molar-refractivity contribution in [2.24, 2.45) is 0 Å². The molecule has 1 aromatic carbocycles. The maximum Gasteiger partial charge on any atom is 0.224 e. The third kappa shape index (κ3) is 5.99. The Balaban J connectivity index is 1.90. The zero-order valence-electron chi connectivity index (χ0n) is 14.5. The van der Waals surface area contributed by atoms with Gasteiger partial charge in [0.15, 0.2) is 0 Å². The molecule has 0 aliphatic heterocycles. The van der Waals surface area contributed by atoms with E-state index in [0.717, 1.165) is 11.4 Å². The maximum atomic E-state index is 12.5. The van der Waals surface area contributed by atoms with Gasteiger partial charge in [-0.05, 0) is 30.3 Å². The Morgan fingerprint density at radius 1 is 1.32 bits per heavy atom. The first-order chi connectivity index (χ1) is 12.1. The summed E-state index contributed by atoms with van der Waals surface area (Å²) in [5, 5.41) is 3.80. The average molecular weight is 367 g/mol. The summed E-state index contributed by atoms with van der Waals surface area (Å²) in [4.78, 5) is 14.2. The number of carbonyl (C=O) groups is 1. The van der Waals surface area contributed by atoms with E-state index in [9.17, 15) is 4.79 Å². The predicted molar refractivity (Wildman–Crippen MR) is 97.1 cm³/mol. The molecule has 6 nitrogen and oxygen atoms in total. The summed E-state index contributed by atoms with van der Waals surface area (Å²) < 4.78 is 15.7. The number of benzene rings is 1. The van der Waals surface area contributed by atoms with Gasteiger partial charge >= 0.3 is 0 Å². The standard InChI is InChI=1S/C18H23ClN2O4/c1-23-11-9-21(13-15-4-3-10-25-15)18(22)7-8-20-16-12-14(19)5-6-17(16)24-2/h3-6,10,12,20H,7-9,11,13H2,1-2H3. The molecule has 25 heavy (non-hydrogen) atoms. The molecule has 0 aliphatic rings. The number of furan rings is 1. The van der Waals surface area contributed by atoms with Crippen LogP contribution < -0.4 is 10.1 Å². The number of hydrogen-bond acceptors (Lipinski definition) is 5. The van der Waals surface area contributed by atoms with Crippen molar-refractivity contribution in [1.29, 1.82) is 0 Å². The lowest BCUT2D eigenvalue weighted by molar-refractivity contribution is -0.132. The van der Waals surface area contributed by atoms with Crippen LogP contribution in [0.2, 0.25) is 5.02 Å². The molecule has 7 heteroatoms. The number of nitrogens with one attached hydrogen (secondary N) is 1. The van der Waals surface area contributed by atoms with Crippen LogP contribution in [0.3, 0.4) is 0 Å². The van der Waals surface area contributed by atoms with E-state index < -0.39 is 0 Å². The fourth-order valence-corrected chi connectivity index (χ4v) is 2.54. The van der Waals surface area contributed by atoms with Crippen LogP contribution in [-0.4, -0.2) is 44.7 Å². The minimum absolute atomic E-state index is 0.0157. The second-order valence-corrected chi connectivity index (χ2v) is 5.85. The molecular weight excluding hydrogens is 344 g/mol. The van der Waals surface area contributed by atoms with Gasteiger partial charge in [-0.25, -0.2) is 0 Å². The zero-order valence-corrected chi connectivity index (χ0v) is 15.2. The molecule has 0 saturated carbocycles. The minimum Gasteiger partial charge on any atom is -0.495 e.